The summed E-state index contributed by atoms with van der Waals surface area (Å²) < 4.78 is 5.35. The molecule has 0 bridgehead atoms. The van der Waals surface area contributed by atoms with E-state index in [0.717, 1.165) is 12.2 Å². The Morgan fingerprint density at radius 1 is 1.44 bits per heavy atom. The van der Waals surface area contributed by atoms with Gasteiger partial charge in [-0.1, -0.05) is 6.92 Å². The van der Waals surface area contributed by atoms with E-state index in [4.69, 9.17) is 9.52 Å². The lowest BCUT2D eigenvalue weighted by atomic mass is 10.1. The Kier molecular flexibility index (Phi) is 3.69. The van der Waals surface area contributed by atoms with Crippen LogP contribution in [-0.4, -0.2) is 23.0 Å². The third-order valence-corrected chi connectivity index (χ3v) is 3.35. The van der Waals surface area contributed by atoms with Crippen molar-refractivity contribution in [2.75, 3.05) is 0 Å². The lowest BCUT2D eigenvalue weighted by Gasteiger charge is -2.10. The molecule has 1 fully saturated rings. The van der Waals surface area contributed by atoms with Gasteiger partial charge in [0.15, 0.2) is 5.76 Å². The van der Waals surface area contributed by atoms with E-state index in [1.807, 2.05) is 6.92 Å². The smallest absolute Gasteiger partial charge is 0.306 e. The highest BCUT2D eigenvalue weighted by atomic mass is 16.4. The van der Waals surface area contributed by atoms with Crippen molar-refractivity contribution in [1.82, 2.24) is 5.32 Å². The van der Waals surface area contributed by atoms with Crippen molar-refractivity contribution in [3.63, 3.8) is 0 Å². The molecule has 0 aromatic carbocycles. The molecule has 1 heterocycles. The van der Waals surface area contributed by atoms with Gasteiger partial charge in [-0.05, 0) is 31.4 Å². The quantitative estimate of drug-likeness (QED) is 0.855. The van der Waals surface area contributed by atoms with Gasteiger partial charge in [0, 0.05) is 12.5 Å². The number of aryl methyl sites for hydroxylation is 1. The first kappa shape index (κ1) is 12.7. The summed E-state index contributed by atoms with van der Waals surface area (Å²) in [5, 5.41) is 11.7. The highest BCUT2D eigenvalue weighted by molar-refractivity contribution is 5.91. The van der Waals surface area contributed by atoms with Crippen LogP contribution in [0.3, 0.4) is 0 Å². The molecule has 2 atom stereocenters. The first-order valence-electron chi connectivity index (χ1n) is 6.22. The summed E-state index contributed by atoms with van der Waals surface area (Å²) in [6.07, 6.45) is 2.59. The highest BCUT2D eigenvalue weighted by Gasteiger charge is 2.31. The number of carbonyl (C=O) groups excluding carboxylic acids is 1. The van der Waals surface area contributed by atoms with Crippen molar-refractivity contribution in [2.45, 2.75) is 38.6 Å². The fourth-order valence-electron chi connectivity index (χ4n) is 2.28. The van der Waals surface area contributed by atoms with E-state index in [0.29, 0.717) is 25.0 Å². The maximum Gasteiger partial charge on any atom is 0.306 e. The van der Waals surface area contributed by atoms with Crippen molar-refractivity contribution in [2.24, 2.45) is 5.92 Å². The van der Waals surface area contributed by atoms with Gasteiger partial charge in [-0.2, -0.15) is 0 Å². The number of carboxylic acid groups (broad SMARTS) is 1. The molecule has 1 amide bonds. The second kappa shape index (κ2) is 5.25. The molecular formula is C13H17NO4. The Balaban J connectivity index is 1.90. The van der Waals surface area contributed by atoms with E-state index in [9.17, 15) is 9.59 Å². The van der Waals surface area contributed by atoms with E-state index >= 15 is 0 Å². The molecule has 0 aliphatic heterocycles. The van der Waals surface area contributed by atoms with Gasteiger partial charge in [0.2, 0.25) is 0 Å². The molecule has 5 heteroatoms. The molecular weight excluding hydrogens is 234 g/mol. The van der Waals surface area contributed by atoms with Crippen LogP contribution in [0.25, 0.3) is 0 Å². The number of furan rings is 1. The molecule has 1 aliphatic carbocycles. The molecule has 0 unspecified atom stereocenters. The van der Waals surface area contributed by atoms with Crippen molar-refractivity contribution in [3.05, 3.63) is 23.7 Å². The molecule has 1 saturated carbocycles. The Bertz CT molecular complexity index is 452. The molecule has 1 aromatic heterocycles. The van der Waals surface area contributed by atoms with Gasteiger partial charge >= 0.3 is 5.97 Å². The Hall–Kier alpha value is -1.78. The molecule has 98 valence electrons. The first-order valence-corrected chi connectivity index (χ1v) is 6.22. The summed E-state index contributed by atoms with van der Waals surface area (Å²) in [4.78, 5) is 22.7. The van der Waals surface area contributed by atoms with Crippen molar-refractivity contribution < 1.29 is 19.1 Å². The van der Waals surface area contributed by atoms with Crippen LogP contribution < -0.4 is 5.32 Å². The van der Waals surface area contributed by atoms with E-state index < -0.39 is 5.97 Å². The molecule has 2 rings (SSSR count). The first-order chi connectivity index (χ1) is 8.60. The zero-order valence-corrected chi connectivity index (χ0v) is 10.3. The minimum atomic E-state index is -0.780. The number of carbonyl (C=O) groups is 2. The average Bonchev–Trinajstić information content (AvgIpc) is 2.96. The standard InChI is InChI=1S/C13H17NO4/c1-2-10-5-6-11(18-10)12(15)14-9-4-3-8(7-9)13(16)17/h5-6,8-9H,2-4,7H2,1H3,(H,14,15)(H,16,17)/t8-,9-/m1/s1. The number of carboxylic acids is 1. The van der Waals surface area contributed by atoms with Gasteiger partial charge in [0.1, 0.15) is 5.76 Å². The summed E-state index contributed by atoms with van der Waals surface area (Å²) in [6, 6.07) is 3.37. The predicted molar refractivity (Wildman–Crippen MR) is 64.3 cm³/mol. The average molecular weight is 251 g/mol. The van der Waals surface area contributed by atoms with E-state index in [1.54, 1.807) is 12.1 Å². The van der Waals surface area contributed by atoms with Crippen LogP contribution in [0.1, 0.15) is 42.5 Å². The number of hydrogen-bond donors (Lipinski definition) is 2. The molecule has 18 heavy (non-hydrogen) atoms. The summed E-state index contributed by atoms with van der Waals surface area (Å²) in [5.41, 5.74) is 0. The molecule has 0 radical (unpaired) electrons. The largest absolute Gasteiger partial charge is 0.481 e. The molecule has 2 N–H and O–H groups in total. The van der Waals surface area contributed by atoms with Crippen LogP contribution in [-0.2, 0) is 11.2 Å². The number of hydrogen-bond acceptors (Lipinski definition) is 3. The Morgan fingerprint density at radius 2 is 2.22 bits per heavy atom. The topological polar surface area (TPSA) is 79.5 Å². The minimum Gasteiger partial charge on any atom is -0.481 e. The third kappa shape index (κ3) is 2.72. The van der Waals surface area contributed by atoms with Gasteiger partial charge in [0.25, 0.3) is 5.91 Å². The second-order valence-corrected chi connectivity index (χ2v) is 4.64. The molecule has 0 saturated heterocycles. The van der Waals surface area contributed by atoms with Crippen LogP contribution in [0.15, 0.2) is 16.5 Å². The van der Waals surface area contributed by atoms with Crippen molar-refractivity contribution in [1.29, 1.82) is 0 Å². The van der Waals surface area contributed by atoms with E-state index in [2.05, 4.69) is 5.32 Å². The van der Waals surface area contributed by atoms with Gasteiger partial charge in [-0.3, -0.25) is 9.59 Å². The molecule has 1 aromatic rings. The van der Waals surface area contributed by atoms with Crippen molar-refractivity contribution >= 4 is 11.9 Å². The van der Waals surface area contributed by atoms with E-state index in [1.165, 1.54) is 0 Å². The number of rotatable bonds is 4. The Morgan fingerprint density at radius 3 is 2.78 bits per heavy atom. The number of aliphatic carboxylic acids is 1. The fraction of sp³-hybridized carbons (Fsp3) is 0.538. The monoisotopic (exact) mass is 251 g/mol. The van der Waals surface area contributed by atoms with Crippen molar-refractivity contribution in [3.8, 4) is 0 Å². The fourth-order valence-corrected chi connectivity index (χ4v) is 2.28. The minimum absolute atomic E-state index is 0.0613. The van der Waals surface area contributed by atoms with Gasteiger partial charge in [-0.25, -0.2) is 0 Å². The van der Waals surface area contributed by atoms with Crippen LogP contribution >= 0.6 is 0 Å². The maximum absolute atomic E-state index is 11.9. The zero-order valence-electron chi connectivity index (χ0n) is 10.3. The normalized spacial score (nSPS) is 22.9. The van der Waals surface area contributed by atoms with Crippen LogP contribution in [0.4, 0.5) is 0 Å². The molecule has 0 spiro atoms. The van der Waals surface area contributed by atoms with E-state index in [-0.39, 0.29) is 17.9 Å². The SMILES string of the molecule is CCc1ccc(C(=O)N[C@@H]2CC[C@@H](C(=O)O)C2)o1. The summed E-state index contributed by atoms with van der Waals surface area (Å²) in [7, 11) is 0. The lowest BCUT2D eigenvalue weighted by Crippen LogP contribution is -2.33. The highest BCUT2D eigenvalue weighted by Crippen LogP contribution is 2.26. The van der Waals surface area contributed by atoms with Crippen LogP contribution in [0.5, 0.6) is 0 Å². The zero-order chi connectivity index (χ0) is 13.1. The van der Waals surface area contributed by atoms with Crippen LogP contribution in [0, 0.1) is 5.92 Å². The summed E-state index contributed by atoms with van der Waals surface area (Å²) in [6.45, 7) is 1.95. The van der Waals surface area contributed by atoms with Gasteiger partial charge in [-0.15, -0.1) is 0 Å². The third-order valence-electron chi connectivity index (χ3n) is 3.35. The molecule has 1 aliphatic rings. The predicted octanol–water partition coefficient (Wildman–Crippen LogP) is 1.83. The second-order valence-electron chi connectivity index (χ2n) is 4.64. The van der Waals surface area contributed by atoms with Gasteiger partial charge in [0.05, 0.1) is 5.92 Å². The Labute approximate surface area is 105 Å². The maximum atomic E-state index is 11.9. The number of nitrogens with one attached hydrogen (secondary N) is 1. The summed E-state index contributed by atoms with van der Waals surface area (Å²) >= 11 is 0. The molecule has 5 nitrogen and oxygen atoms in total. The van der Waals surface area contributed by atoms with Gasteiger partial charge < -0.3 is 14.8 Å². The number of amides is 1. The lowest BCUT2D eigenvalue weighted by molar-refractivity contribution is -0.141. The summed E-state index contributed by atoms with van der Waals surface area (Å²) in [5.74, 6) is -0.303. The van der Waals surface area contributed by atoms with Crippen LogP contribution in [0.2, 0.25) is 0 Å².